The molecule has 128 valence electrons. The van der Waals surface area contributed by atoms with Crippen LogP contribution >= 0.6 is 0 Å². The number of nitrogens with zero attached hydrogens (tertiary/aromatic N) is 1. The molecule has 0 unspecified atom stereocenters. The Labute approximate surface area is 143 Å². The maximum absolute atomic E-state index is 12.9. The van der Waals surface area contributed by atoms with E-state index in [2.05, 4.69) is 10.2 Å². The highest BCUT2D eigenvalue weighted by molar-refractivity contribution is 6.15. The third-order valence-electron chi connectivity index (χ3n) is 3.91. The molecule has 3 aromatic rings. The molecular formula is C18H16N2O5. The Morgan fingerprint density at radius 2 is 1.72 bits per heavy atom. The minimum absolute atomic E-state index is 0.248. The summed E-state index contributed by atoms with van der Waals surface area (Å²) in [6.07, 6.45) is 0.627. The van der Waals surface area contributed by atoms with Gasteiger partial charge in [-0.1, -0.05) is 0 Å². The van der Waals surface area contributed by atoms with Gasteiger partial charge < -0.3 is 14.2 Å². The first-order valence-corrected chi connectivity index (χ1v) is 7.41. The van der Waals surface area contributed by atoms with Gasteiger partial charge in [0.1, 0.15) is 22.9 Å². The van der Waals surface area contributed by atoms with E-state index in [1.807, 2.05) is 0 Å². The molecule has 0 aliphatic rings. The zero-order chi connectivity index (χ0) is 18.0. The summed E-state index contributed by atoms with van der Waals surface area (Å²) in [7, 11) is 4.41. The number of ketones is 1. The van der Waals surface area contributed by atoms with Crippen LogP contribution in [0.15, 0.2) is 30.3 Å². The van der Waals surface area contributed by atoms with Gasteiger partial charge in [0, 0.05) is 17.0 Å². The Morgan fingerprint density at radius 1 is 1.04 bits per heavy atom. The lowest BCUT2D eigenvalue weighted by Crippen LogP contribution is -2.05. The second-order valence-corrected chi connectivity index (χ2v) is 5.23. The van der Waals surface area contributed by atoms with Crippen molar-refractivity contribution in [3.63, 3.8) is 0 Å². The molecule has 2 aromatic carbocycles. The van der Waals surface area contributed by atoms with Gasteiger partial charge in [0.15, 0.2) is 6.29 Å². The zero-order valence-electron chi connectivity index (χ0n) is 14.0. The monoisotopic (exact) mass is 340 g/mol. The van der Waals surface area contributed by atoms with Crippen LogP contribution < -0.4 is 14.2 Å². The van der Waals surface area contributed by atoms with Crippen LogP contribution in [0.5, 0.6) is 17.2 Å². The highest BCUT2D eigenvalue weighted by Gasteiger charge is 2.21. The Hall–Kier alpha value is -3.35. The maximum Gasteiger partial charge on any atom is 0.214 e. The van der Waals surface area contributed by atoms with Crippen LogP contribution in [0.1, 0.15) is 26.4 Å². The quantitative estimate of drug-likeness (QED) is 0.548. The Morgan fingerprint density at radius 3 is 2.28 bits per heavy atom. The molecule has 0 spiro atoms. The topological polar surface area (TPSA) is 90.5 Å². The standard InChI is InChI=1S/C18H16N2O5/c1-23-11-4-5-12-14(8-11)19-20-17(12)18(22)10-6-15(24-2)13(9-21)16(7-10)25-3/h4-9H,1-3H3,(H,19,20). The fraction of sp³-hybridized carbons (Fsp3) is 0.167. The number of hydrogen-bond acceptors (Lipinski definition) is 6. The fourth-order valence-electron chi connectivity index (χ4n) is 2.62. The average Bonchev–Trinajstić information content (AvgIpc) is 3.08. The first-order valence-electron chi connectivity index (χ1n) is 7.41. The molecule has 0 fully saturated rings. The van der Waals surface area contributed by atoms with Gasteiger partial charge in [-0.3, -0.25) is 14.7 Å². The third kappa shape index (κ3) is 2.80. The minimum Gasteiger partial charge on any atom is -0.497 e. The normalized spacial score (nSPS) is 10.5. The number of H-pyrrole nitrogens is 1. The average molecular weight is 340 g/mol. The zero-order valence-corrected chi connectivity index (χ0v) is 14.0. The van der Waals surface area contributed by atoms with Crippen LogP contribution in [-0.2, 0) is 0 Å². The van der Waals surface area contributed by atoms with E-state index in [1.165, 1.54) is 26.4 Å². The van der Waals surface area contributed by atoms with E-state index in [1.54, 1.807) is 25.3 Å². The van der Waals surface area contributed by atoms with Crippen LogP contribution in [0.3, 0.4) is 0 Å². The van der Waals surface area contributed by atoms with Gasteiger partial charge in [0.25, 0.3) is 0 Å². The fourth-order valence-corrected chi connectivity index (χ4v) is 2.62. The lowest BCUT2D eigenvalue weighted by Gasteiger charge is -2.11. The van der Waals surface area contributed by atoms with Crippen molar-refractivity contribution in [2.45, 2.75) is 0 Å². The molecule has 7 nitrogen and oxygen atoms in total. The minimum atomic E-state index is -0.314. The van der Waals surface area contributed by atoms with E-state index in [0.717, 1.165) is 0 Å². The Bertz CT molecular complexity index is 936. The molecule has 1 aromatic heterocycles. The van der Waals surface area contributed by atoms with E-state index in [-0.39, 0.29) is 28.5 Å². The smallest absolute Gasteiger partial charge is 0.214 e. The molecule has 0 amide bonds. The Kier molecular flexibility index (Phi) is 4.38. The number of benzene rings is 2. The largest absolute Gasteiger partial charge is 0.497 e. The van der Waals surface area contributed by atoms with Crippen molar-refractivity contribution in [3.05, 3.63) is 47.2 Å². The van der Waals surface area contributed by atoms with Gasteiger partial charge in [-0.15, -0.1) is 0 Å². The maximum atomic E-state index is 12.9. The highest BCUT2D eigenvalue weighted by Crippen LogP contribution is 2.31. The van der Waals surface area contributed by atoms with Crippen LogP contribution in [0.4, 0.5) is 0 Å². The third-order valence-corrected chi connectivity index (χ3v) is 3.91. The molecular weight excluding hydrogens is 324 g/mol. The van der Waals surface area contributed by atoms with Crippen LogP contribution in [0.25, 0.3) is 10.9 Å². The predicted octanol–water partition coefficient (Wildman–Crippen LogP) is 2.63. The molecule has 0 aliphatic carbocycles. The van der Waals surface area contributed by atoms with Crippen LogP contribution in [0.2, 0.25) is 0 Å². The molecule has 0 saturated heterocycles. The molecule has 0 bridgehead atoms. The van der Waals surface area contributed by atoms with Crippen molar-refractivity contribution in [2.75, 3.05) is 21.3 Å². The number of fused-ring (bicyclic) bond motifs is 1. The van der Waals surface area contributed by atoms with Crippen molar-refractivity contribution in [1.82, 2.24) is 10.2 Å². The number of carbonyl (C=O) groups is 2. The van der Waals surface area contributed by atoms with Crippen molar-refractivity contribution in [2.24, 2.45) is 0 Å². The Balaban J connectivity index is 2.11. The van der Waals surface area contributed by atoms with Crippen molar-refractivity contribution >= 4 is 23.0 Å². The van der Waals surface area contributed by atoms with Gasteiger partial charge in [0.05, 0.1) is 32.4 Å². The summed E-state index contributed by atoms with van der Waals surface area (Å²) in [5.41, 5.74) is 1.51. The molecule has 0 radical (unpaired) electrons. The number of nitrogens with one attached hydrogen (secondary N) is 1. The summed E-state index contributed by atoms with van der Waals surface area (Å²) in [6.45, 7) is 0. The molecule has 0 aliphatic heterocycles. The number of rotatable bonds is 6. The number of ether oxygens (including phenoxy) is 3. The van der Waals surface area contributed by atoms with E-state index in [9.17, 15) is 9.59 Å². The number of aldehydes is 1. The van der Waals surface area contributed by atoms with Gasteiger partial charge in [0.2, 0.25) is 5.78 Å². The molecule has 25 heavy (non-hydrogen) atoms. The van der Waals surface area contributed by atoms with Crippen molar-refractivity contribution in [3.8, 4) is 17.2 Å². The van der Waals surface area contributed by atoms with Gasteiger partial charge >= 0.3 is 0 Å². The number of carbonyl (C=O) groups excluding carboxylic acids is 2. The van der Waals surface area contributed by atoms with E-state index in [0.29, 0.717) is 28.5 Å². The summed E-state index contributed by atoms with van der Waals surface area (Å²) in [5.74, 6) is 0.873. The summed E-state index contributed by atoms with van der Waals surface area (Å²) >= 11 is 0. The summed E-state index contributed by atoms with van der Waals surface area (Å²) in [5, 5.41) is 7.61. The lowest BCUT2D eigenvalue weighted by atomic mass is 10.0. The predicted molar refractivity (Wildman–Crippen MR) is 91.0 cm³/mol. The number of hydrogen-bond donors (Lipinski definition) is 1. The lowest BCUT2D eigenvalue weighted by molar-refractivity contribution is 0.103. The first kappa shape index (κ1) is 16.5. The van der Waals surface area contributed by atoms with Crippen molar-refractivity contribution in [1.29, 1.82) is 0 Å². The molecule has 0 atom stereocenters. The second-order valence-electron chi connectivity index (χ2n) is 5.23. The van der Waals surface area contributed by atoms with E-state index < -0.39 is 0 Å². The summed E-state index contributed by atoms with van der Waals surface area (Å²) < 4.78 is 15.6. The van der Waals surface area contributed by atoms with Crippen LogP contribution in [0, 0.1) is 0 Å². The number of methoxy groups -OCH3 is 3. The van der Waals surface area contributed by atoms with Crippen LogP contribution in [-0.4, -0.2) is 43.6 Å². The number of aromatic amines is 1. The SMILES string of the molecule is COc1ccc2c(C(=O)c3cc(OC)c(C=O)c(OC)c3)n[nH]c2c1. The molecule has 0 saturated carbocycles. The van der Waals surface area contributed by atoms with Gasteiger partial charge in [-0.2, -0.15) is 5.10 Å². The van der Waals surface area contributed by atoms with Crippen molar-refractivity contribution < 1.29 is 23.8 Å². The molecule has 7 heteroatoms. The van der Waals surface area contributed by atoms with E-state index >= 15 is 0 Å². The highest BCUT2D eigenvalue weighted by atomic mass is 16.5. The first-order chi connectivity index (χ1) is 12.1. The molecule has 3 rings (SSSR count). The summed E-state index contributed by atoms with van der Waals surface area (Å²) in [6, 6.07) is 8.28. The summed E-state index contributed by atoms with van der Waals surface area (Å²) in [4.78, 5) is 24.1. The van der Waals surface area contributed by atoms with Gasteiger partial charge in [-0.25, -0.2) is 0 Å². The molecule has 1 N–H and O–H groups in total. The molecule has 1 heterocycles. The van der Waals surface area contributed by atoms with Gasteiger partial charge in [-0.05, 0) is 24.3 Å². The van der Waals surface area contributed by atoms with E-state index in [4.69, 9.17) is 14.2 Å². The second kappa shape index (κ2) is 6.64. The number of aromatic nitrogens is 2.